The third-order valence-corrected chi connectivity index (χ3v) is 2.32. The average Bonchev–Trinajstić information content (AvgIpc) is 2.15. The van der Waals surface area contributed by atoms with Gasteiger partial charge in [-0.05, 0) is 12.8 Å². The number of hydrogen-bond donors (Lipinski definition) is 4. The molecule has 4 N–H and O–H groups in total. The molecule has 0 radical (unpaired) electrons. The fourth-order valence-corrected chi connectivity index (χ4v) is 1.36. The fraction of sp³-hybridized carbons (Fsp3) is 0.556. The second-order valence-electron chi connectivity index (χ2n) is 3.12. The molecule has 0 aromatic rings. The van der Waals surface area contributed by atoms with Crippen LogP contribution < -0.4 is 0 Å². The molecule has 0 saturated carbocycles. The summed E-state index contributed by atoms with van der Waals surface area (Å²) in [6.07, 6.45) is -0.567. The van der Waals surface area contributed by atoms with Gasteiger partial charge in [-0.1, -0.05) is 6.58 Å². The van der Waals surface area contributed by atoms with Crippen LogP contribution in [0.4, 0.5) is 0 Å². The Balaban J connectivity index is 5.19. The Morgan fingerprint density at radius 1 is 1.07 bits per heavy atom. The molecule has 6 heteroatoms. The molecule has 0 fully saturated rings. The van der Waals surface area contributed by atoms with Gasteiger partial charge >= 0.3 is 11.9 Å². The Bertz CT molecular complexity index is 264. The van der Waals surface area contributed by atoms with E-state index in [2.05, 4.69) is 6.58 Å². The van der Waals surface area contributed by atoms with Gasteiger partial charge in [0.25, 0.3) is 0 Å². The zero-order valence-corrected chi connectivity index (χ0v) is 8.14. The lowest BCUT2D eigenvalue weighted by molar-refractivity contribution is -0.151. The third kappa shape index (κ3) is 2.77. The highest BCUT2D eigenvalue weighted by Crippen LogP contribution is 2.34. The van der Waals surface area contributed by atoms with Crippen molar-refractivity contribution < 1.29 is 30.0 Å². The van der Waals surface area contributed by atoms with Crippen LogP contribution in [0.1, 0.15) is 12.8 Å². The number of hydrogen-bond acceptors (Lipinski definition) is 4. The molecule has 0 aliphatic heterocycles. The Kier molecular flexibility index (Phi) is 4.96. The quantitative estimate of drug-likeness (QED) is 0.427. The molecule has 0 aromatic heterocycles. The smallest absolute Gasteiger partial charge is 0.332 e. The van der Waals surface area contributed by atoms with Crippen molar-refractivity contribution in [2.75, 3.05) is 13.2 Å². The normalized spacial score (nSPS) is 11.1. The molecule has 0 bridgehead atoms. The van der Waals surface area contributed by atoms with Crippen LogP contribution in [0.2, 0.25) is 0 Å². The zero-order chi connectivity index (χ0) is 12.1. The van der Waals surface area contributed by atoms with E-state index < -0.39 is 36.1 Å². The molecular weight excluding hydrogens is 204 g/mol. The molecule has 0 aliphatic rings. The predicted octanol–water partition coefficient (Wildman–Crippen LogP) is -0.537. The number of aliphatic hydroxyl groups excluding tert-OH is 2. The molecule has 86 valence electrons. The molecule has 0 rings (SSSR count). The van der Waals surface area contributed by atoms with E-state index in [0.29, 0.717) is 0 Å². The van der Waals surface area contributed by atoms with E-state index >= 15 is 0 Å². The topological polar surface area (TPSA) is 115 Å². The predicted molar refractivity (Wildman–Crippen MR) is 50.3 cm³/mol. The monoisotopic (exact) mass is 218 g/mol. The summed E-state index contributed by atoms with van der Waals surface area (Å²) in [7, 11) is 0. The minimum absolute atomic E-state index is 0.284. The van der Waals surface area contributed by atoms with Crippen molar-refractivity contribution in [1.29, 1.82) is 0 Å². The Labute approximate surface area is 86.5 Å². The number of carboxylic acids is 2. The standard InChI is InChI=1S/C9H14O6/c1-6(7(12)13)9(2-4-10,3-5-11)8(14)15/h10-11H,1-5H2,(H,12,13)(H,14,15). The van der Waals surface area contributed by atoms with Gasteiger partial charge in [-0.15, -0.1) is 0 Å². The molecule has 0 amide bonds. The largest absolute Gasteiger partial charge is 0.481 e. The second kappa shape index (κ2) is 5.47. The molecule has 0 spiro atoms. The first kappa shape index (κ1) is 13.6. The maximum Gasteiger partial charge on any atom is 0.332 e. The Hall–Kier alpha value is -1.40. The highest BCUT2D eigenvalue weighted by molar-refractivity contribution is 5.96. The van der Waals surface area contributed by atoms with Crippen molar-refractivity contribution in [2.24, 2.45) is 5.41 Å². The van der Waals surface area contributed by atoms with E-state index in [1.807, 2.05) is 0 Å². The molecule has 0 saturated heterocycles. The maximum absolute atomic E-state index is 11.0. The van der Waals surface area contributed by atoms with Crippen molar-refractivity contribution in [3.63, 3.8) is 0 Å². The van der Waals surface area contributed by atoms with Crippen LogP contribution in [0.15, 0.2) is 12.2 Å². The van der Waals surface area contributed by atoms with Crippen LogP contribution in [0.25, 0.3) is 0 Å². The summed E-state index contributed by atoms with van der Waals surface area (Å²) in [6, 6.07) is 0. The third-order valence-electron chi connectivity index (χ3n) is 2.32. The molecule has 0 aromatic carbocycles. The van der Waals surface area contributed by atoms with Crippen molar-refractivity contribution in [3.05, 3.63) is 12.2 Å². The molecule has 0 atom stereocenters. The lowest BCUT2D eigenvalue weighted by Gasteiger charge is -2.27. The number of rotatable bonds is 7. The van der Waals surface area contributed by atoms with Crippen molar-refractivity contribution in [2.45, 2.75) is 12.8 Å². The van der Waals surface area contributed by atoms with E-state index in [0.717, 1.165) is 0 Å². The summed E-state index contributed by atoms with van der Waals surface area (Å²) < 4.78 is 0. The first-order valence-electron chi connectivity index (χ1n) is 4.30. The Morgan fingerprint density at radius 3 is 1.67 bits per heavy atom. The molecule has 6 nitrogen and oxygen atoms in total. The van der Waals surface area contributed by atoms with Crippen molar-refractivity contribution in [3.8, 4) is 0 Å². The number of aliphatic carboxylic acids is 2. The minimum atomic E-state index is -1.80. The van der Waals surface area contributed by atoms with Gasteiger partial charge in [0.2, 0.25) is 0 Å². The Morgan fingerprint density at radius 2 is 1.47 bits per heavy atom. The van der Waals surface area contributed by atoms with Gasteiger partial charge in [-0.25, -0.2) is 4.79 Å². The first-order chi connectivity index (χ1) is 6.92. The van der Waals surface area contributed by atoms with Gasteiger partial charge in [0, 0.05) is 18.8 Å². The molecule has 15 heavy (non-hydrogen) atoms. The van der Waals surface area contributed by atoms with Crippen molar-refractivity contribution >= 4 is 11.9 Å². The van der Waals surface area contributed by atoms with Crippen LogP contribution in [0.5, 0.6) is 0 Å². The second-order valence-corrected chi connectivity index (χ2v) is 3.12. The van der Waals surface area contributed by atoms with Crippen LogP contribution in [0.3, 0.4) is 0 Å². The zero-order valence-electron chi connectivity index (χ0n) is 8.14. The lowest BCUT2D eigenvalue weighted by atomic mass is 9.75. The molecule has 0 unspecified atom stereocenters. The van der Waals surface area contributed by atoms with E-state index in [1.54, 1.807) is 0 Å². The highest BCUT2D eigenvalue weighted by atomic mass is 16.4. The summed E-state index contributed by atoms with van der Waals surface area (Å²) in [4.78, 5) is 21.7. The number of carboxylic acid groups (broad SMARTS) is 2. The summed E-state index contributed by atoms with van der Waals surface area (Å²) in [6.45, 7) is 2.21. The summed E-state index contributed by atoms with van der Waals surface area (Å²) in [5.74, 6) is -2.85. The van der Waals surface area contributed by atoms with Gasteiger partial charge in [-0.3, -0.25) is 4.79 Å². The lowest BCUT2D eigenvalue weighted by Crippen LogP contribution is -2.37. The van der Waals surface area contributed by atoms with Gasteiger partial charge in [-0.2, -0.15) is 0 Å². The minimum Gasteiger partial charge on any atom is -0.481 e. The van der Waals surface area contributed by atoms with E-state index in [9.17, 15) is 9.59 Å². The van der Waals surface area contributed by atoms with Gasteiger partial charge in [0.15, 0.2) is 0 Å². The van der Waals surface area contributed by atoms with Crippen LogP contribution in [-0.4, -0.2) is 45.6 Å². The van der Waals surface area contributed by atoms with E-state index in [-0.39, 0.29) is 12.8 Å². The molecule has 0 heterocycles. The highest BCUT2D eigenvalue weighted by Gasteiger charge is 2.43. The number of aliphatic hydroxyl groups is 2. The molecule has 0 aliphatic carbocycles. The van der Waals surface area contributed by atoms with Gasteiger partial charge < -0.3 is 20.4 Å². The average molecular weight is 218 g/mol. The summed E-state index contributed by atoms with van der Waals surface area (Å²) in [5, 5.41) is 35.1. The SMILES string of the molecule is C=C(C(=O)O)C(CCO)(CCO)C(=O)O. The van der Waals surface area contributed by atoms with Crippen molar-refractivity contribution in [1.82, 2.24) is 0 Å². The first-order valence-corrected chi connectivity index (χ1v) is 4.30. The van der Waals surface area contributed by atoms with Gasteiger partial charge in [0.05, 0.1) is 0 Å². The molecular formula is C9H14O6. The number of carbonyl (C=O) groups is 2. The van der Waals surface area contributed by atoms with Crippen LogP contribution in [0, 0.1) is 5.41 Å². The summed E-state index contributed by atoms with van der Waals surface area (Å²) in [5.41, 5.74) is -2.33. The van der Waals surface area contributed by atoms with Crippen LogP contribution in [-0.2, 0) is 9.59 Å². The van der Waals surface area contributed by atoms with Crippen LogP contribution >= 0.6 is 0 Å². The van der Waals surface area contributed by atoms with E-state index in [1.165, 1.54) is 0 Å². The van der Waals surface area contributed by atoms with E-state index in [4.69, 9.17) is 20.4 Å². The maximum atomic E-state index is 11.0. The fourth-order valence-electron chi connectivity index (χ4n) is 1.36. The van der Waals surface area contributed by atoms with Gasteiger partial charge in [0.1, 0.15) is 5.41 Å². The summed E-state index contributed by atoms with van der Waals surface area (Å²) >= 11 is 0.